The highest BCUT2D eigenvalue weighted by molar-refractivity contribution is 5.88. The van der Waals surface area contributed by atoms with Crippen LogP contribution in [-0.2, 0) is 14.3 Å². The van der Waals surface area contributed by atoms with E-state index >= 15 is 0 Å². The van der Waals surface area contributed by atoms with Crippen LogP contribution in [0.4, 0.5) is 0 Å². The van der Waals surface area contributed by atoms with Gasteiger partial charge in [-0.15, -0.1) is 0 Å². The van der Waals surface area contributed by atoms with Crippen LogP contribution in [0, 0.1) is 5.92 Å². The number of carbonyl (C=O) groups is 2. The quantitative estimate of drug-likeness (QED) is 0.458. The van der Waals surface area contributed by atoms with Crippen molar-refractivity contribution in [2.75, 3.05) is 6.61 Å². The highest BCUT2D eigenvalue weighted by atomic mass is 16.5. The van der Waals surface area contributed by atoms with Crippen molar-refractivity contribution in [3.8, 4) is 0 Å². The molecule has 0 aliphatic rings. The number of esters is 1. The molecule has 0 fully saturated rings. The SMILES string of the molecule is CCOC(=O)C(C=O)C(N)c1ccccc1. The van der Waals surface area contributed by atoms with Gasteiger partial charge >= 0.3 is 5.97 Å². The summed E-state index contributed by atoms with van der Waals surface area (Å²) in [5, 5.41) is 0. The van der Waals surface area contributed by atoms with Crippen molar-refractivity contribution < 1.29 is 14.3 Å². The first-order chi connectivity index (χ1) is 7.70. The summed E-state index contributed by atoms with van der Waals surface area (Å²) in [6.07, 6.45) is 0.537. The van der Waals surface area contributed by atoms with Gasteiger partial charge in [-0.25, -0.2) is 0 Å². The van der Waals surface area contributed by atoms with Crippen LogP contribution in [0.2, 0.25) is 0 Å². The van der Waals surface area contributed by atoms with E-state index < -0.39 is 17.9 Å². The molecule has 4 nitrogen and oxygen atoms in total. The Kier molecular flexibility index (Phi) is 4.66. The van der Waals surface area contributed by atoms with Crippen molar-refractivity contribution in [2.24, 2.45) is 11.7 Å². The van der Waals surface area contributed by atoms with E-state index in [1.165, 1.54) is 0 Å². The fourth-order valence-corrected chi connectivity index (χ4v) is 1.41. The molecule has 86 valence electrons. The minimum absolute atomic E-state index is 0.241. The average molecular weight is 221 g/mol. The number of nitrogens with two attached hydrogens (primary N) is 1. The third-order valence-electron chi connectivity index (χ3n) is 2.28. The summed E-state index contributed by atoms with van der Waals surface area (Å²) in [6.45, 7) is 1.93. The molecule has 0 amide bonds. The van der Waals surface area contributed by atoms with Gasteiger partial charge in [0.1, 0.15) is 12.2 Å². The molecule has 0 bridgehead atoms. The average Bonchev–Trinajstić information content (AvgIpc) is 2.31. The van der Waals surface area contributed by atoms with E-state index in [0.717, 1.165) is 5.56 Å². The number of benzene rings is 1. The van der Waals surface area contributed by atoms with Gasteiger partial charge in [-0.3, -0.25) is 4.79 Å². The molecule has 0 spiro atoms. The van der Waals surface area contributed by atoms with E-state index in [-0.39, 0.29) is 6.61 Å². The summed E-state index contributed by atoms with van der Waals surface area (Å²) in [5.41, 5.74) is 6.59. The van der Waals surface area contributed by atoms with Crippen LogP contribution in [0.3, 0.4) is 0 Å². The zero-order chi connectivity index (χ0) is 12.0. The van der Waals surface area contributed by atoms with Gasteiger partial charge in [0.2, 0.25) is 0 Å². The number of carbonyl (C=O) groups excluding carboxylic acids is 2. The summed E-state index contributed by atoms with van der Waals surface area (Å²) in [7, 11) is 0. The van der Waals surface area contributed by atoms with Crippen LogP contribution in [-0.4, -0.2) is 18.9 Å². The Balaban J connectivity index is 2.81. The predicted octanol–water partition coefficient (Wildman–Crippen LogP) is 1.06. The molecule has 2 atom stereocenters. The Morgan fingerprint density at radius 1 is 1.44 bits per heavy atom. The summed E-state index contributed by atoms with van der Waals surface area (Å²) in [6, 6.07) is 8.36. The zero-order valence-corrected chi connectivity index (χ0v) is 9.13. The molecule has 16 heavy (non-hydrogen) atoms. The Bertz CT molecular complexity index is 351. The third kappa shape index (κ3) is 2.90. The van der Waals surface area contributed by atoms with Gasteiger partial charge in [-0.2, -0.15) is 0 Å². The third-order valence-corrected chi connectivity index (χ3v) is 2.28. The zero-order valence-electron chi connectivity index (χ0n) is 9.13. The Morgan fingerprint density at radius 3 is 2.56 bits per heavy atom. The van der Waals surface area contributed by atoms with E-state index in [9.17, 15) is 9.59 Å². The summed E-state index contributed by atoms with van der Waals surface area (Å²) in [5.74, 6) is -1.52. The minimum atomic E-state index is -0.942. The van der Waals surface area contributed by atoms with Gasteiger partial charge in [0.15, 0.2) is 0 Å². The summed E-state index contributed by atoms with van der Waals surface area (Å²) < 4.78 is 4.79. The lowest BCUT2D eigenvalue weighted by Crippen LogP contribution is -2.31. The molecule has 0 heterocycles. The Hall–Kier alpha value is -1.68. The minimum Gasteiger partial charge on any atom is -0.465 e. The molecule has 1 rings (SSSR count). The van der Waals surface area contributed by atoms with Crippen molar-refractivity contribution in [1.29, 1.82) is 0 Å². The second-order valence-corrected chi connectivity index (χ2v) is 3.35. The van der Waals surface area contributed by atoms with Crippen LogP contribution in [0.15, 0.2) is 30.3 Å². The molecule has 0 aliphatic heterocycles. The van der Waals surface area contributed by atoms with Crippen molar-refractivity contribution in [3.63, 3.8) is 0 Å². The first kappa shape index (κ1) is 12.4. The first-order valence-corrected chi connectivity index (χ1v) is 5.13. The van der Waals surface area contributed by atoms with Gasteiger partial charge in [-0.05, 0) is 12.5 Å². The van der Waals surface area contributed by atoms with Gasteiger partial charge < -0.3 is 15.3 Å². The number of ether oxygens (including phenoxy) is 1. The second-order valence-electron chi connectivity index (χ2n) is 3.35. The molecule has 0 aromatic heterocycles. The van der Waals surface area contributed by atoms with Gasteiger partial charge in [-0.1, -0.05) is 30.3 Å². The smallest absolute Gasteiger partial charge is 0.318 e. The maximum absolute atomic E-state index is 11.5. The van der Waals surface area contributed by atoms with E-state index in [2.05, 4.69) is 0 Å². The summed E-state index contributed by atoms with van der Waals surface area (Å²) >= 11 is 0. The summed E-state index contributed by atoms with van der Waals surface area (Å²) in [4.78, 5) is 22.3. The van der Waals surface area contributed by atoms with E-state index in [4.69, 9.17) is 10.5 Å². The predicted molar refractivity (Wildman–Crippen MR) is 59.6 cm³/mol. The Morgan fingerprint density at radius 2 is 2.06 bits per heavy atom. The molecular weight excluding hydrogens is 206 g/mol. The molecule has 0 radical (unpaired) electrons. The molecule has 0 saturated heterocycles. The second kappa shape index (κ2) is 6.02. The van der Waals surface area contributed by atoms with Crippen molar-refractivity contribution in [3.05, 3.63) is 35.9 Å². The van der Waals surface area contributed by atoms with Gasteiger partial charge in [0.05, 0.1) is 6.61 Å². The van der Waals surface area contributed by atoms with Crippen LogP contribution in [0.25, 0.3) is 0 Å². The fraction of sp³-hybridized carbons (Fsp3) is 0.333. The maximum Gasteiger partial charge on any atom is 0.318 e. The lowest BCUT2D eigenvalue weighted by molar-refractivity contribution is -0.150. The van der Waals surface area contributed by atoms with Crippen LogP contribution >= 0.6 is 0 Å². The monoisotopic (exact) mass is 221 g/mol. The topological polar surface area (TPSA) is 69.4 Å². The Labute approximate surface area is 94.4 Å². The maximum atomic E-state index is 11.5. The molecule has 0 aliphatic carbocycles. The van der Waals surface area contributed by atoms with Crippen molar-refractivity contribution in [2.45, 2.75) is 13.0 Å². The number of aldehydes is 1. The van der Waals surface area contributed by atoms with Gasteiger partial charge in [0, 0.05) is 6.04 Å². The first-order valence-electron chi connectivity index (χ1n) is 5.13. The fourth-order valence-electron chi connectivity index (χ4n) is 1.41. The standard InChI is InChI=1S/C12H15NO3/c1-2-16-12(15)10(8-14)11(13)9-6-4-3-5-7-9/h3-8,10-11H,2,13H2,1H3. The molecule has 2 unspecified atom stereocenters. The molecule has 1 aromatic carbocycles. The highest BCUT2D eigenvalue weighted by Gasteiger charge is 2.27. The number of hydrogen-bond donors (Lipinski definition) is 1. The number of rotatable bonds is 5. The largest absolute Gasteiger partial charge is 0.465 e. The lowest BCUT2D eigenvalue weighted by Gasteiger charge is -2.17. The molecule has 4 heteroatoms. The molecular formula is C12H15NO3. The van der Waals surface area contributed by atoms with E-state index in [0.29, 0.717) is 6.29 Å². The van der Waals surface area contributed by atoms with Crippen LogP contribution < -0.4 is 5.73 Å². The molecule has 2 N–H and O–H groups in total. The van der Waals surface area contributed by atoms with Gasteiger partial charge in [0.25, 0.3) is 0 Å². The van der Waals surface area contributed by atoms with Crippen LogP contribution in [0.5, 0.6) is 0 Å². The molecule has 0 saturated carbocycles. The van der Waals surface area contributed by atoms with Crippen molar-refractivity contribution in [1.82, 2.24) is 0 Å². The van der Waals surface area contributed by atoms with E-state index in [1.807, 2.05) is 18.2 Å². The number of hydrogen-bond acceptors (Lipinski definition) is 4. The molecule has 1 aromatic rings. The van der Waals surface area contributed by atoms with E-state index in [1.54, 1.807) is 19.1 Å². The lowest BCUT2D eigenvalue weighted by atomic mass is 9.95. The normalized spacial score (nSPS) is 13.9. The highest BCUT2D eigenvalue weighted by Crippen LogP contribution is 2.18. The van der Waals surface area contributed by atoms with Crippen LogP contribution in [0.1, 0.15) is 18.5 Å². The van der Waals surface area contributed by atoms with Crippen molar-refractivity contribution >= 4 is 12.3 Å².